The number of hydrogen-bond acceptors (Lipinski definition) is 4. The summed E-state index contributed by atoms with van der Waals surface area (Å²) in [6, 6.07) is 4.37. The number of sulfone groups is 1. The third kappa shape index (κ3) is 3.20. The van der Waals surface area contributed by atoms with Crippen LogP contribution in [0.4, 0.5) is 4.39 Å². The number of fused-ring (bicyclic) bond motifs is 1. The van der Waals surface area contributed by atoms with Gasteiger partial charge in [-0.3, -0.25) is 5.32 Å². The van der Waals surface area contributed by atoms with Crippen molar-refractivity contribution >= 4 is 9.84 Å². The van der Waals surface area contributed by atoms with Crippen LogP contribution in [0.25, 0.3) is 0 Å². The van der Waals surface area contributed by atoms with Crippen molar-refractivity contribution in [2.75, 3.05) is 11.6 Å². The highest BCUT2D eigenvalue weighted by molar-refractivity contribution is 7.91. The summed E-state index contributed by atoms with van der Waals surface area (Å²) < 4.78 is 41.3. The fourth-order valence-electron chi connectivity index (χ4n) is 1.82. The van der Waals surface area contributed by atoms with E-state index in [0.717, 1.165) is 5.56 Å². The number of rotatable bonds is 4. The summed E-state index contributed by atoms with van der Waals surface area (Å²) in [5.74, 6) is 0.352. The number of benzene rings is 1. The van der Waals surface area contributed by atoms with Gasteiger partial charge in [0.2, 0.25) is 0 Å². The van der Waals surface area contributed by atoms with Crippen LogP contribution in [-0.2, 0) is 16.3 Å². The molecule has 0 amide bonds. The predicted octanol–water partition coefficient (Wildman–Crippen LogP) is 1.46. The highest BCUT2D eigenvalue weighted by Gasteiger charge is 2.21. The van der Waals surface area contributed by atoms with Gasteiger partial charge in [-0.15, -0.1) is 0 Å². The zero-order valence-corrected chi connectivity index (χ0v) is 11.0. The summed E-state index contributed by atoms with van der Waals surface area (Å²) in [4.78, 5) is 0. The van der Waals surface area contributed by atoms with E-state index in [-0.39, 0.29) is 23.7 Å². The fraction of sp³-hybridized carbons (Fsp3) is 0.500. The van der Waals surface area contributed by atoms with Crippen molar-refractivity contribution in [3.63, 3.8) is 0 Å². The Morgan fingerprint density at radius 1 is 1.50 bits per heavy atom. The zero-order valence-electron chi connectivity index (χ0n) is 10.1. The van der Waals surface area contributed by atoms with Crippen molar-refractivity contribution < 1.29 is 17.5 Å². The van der Waals surface area contributed by atoms with Gasteiger partial charge in [0.05, 0.1) is 0 Å². The molecule has 1 aromatic rings. The summed E-state index contributed by atoms with van der Waals surface area (Å²) in [6.45, 7) is 1.61. The summed E-state index contributed by atoms with van der Waals surface area (Å²) in [5.41, 5.74) is 0.825. The van der Waals surface area contributed by atoms with E-state index in [1.54, 1.807) is 13.0 Å². The summed E-state index contributed by atoms with van der Waals surface area (Å²) in [5, 5.41) is 2.86. The monoisotopic (exact) mass is 273 g/mol. The highest BCUT2D eigenvalue weighted by Crippen LogP contribution is 2.27. The molecule has 1 heterocycles. The van der Waals surface area contributed by atoms with E-state index in [9.17, 15) is 12.8 Å². The van der Waals surface area contributed by atoms with Crippen LogP contribution in [0.3, 0.4) is 0 Å². The summed E-state index contributed by atoms with van der Waals surface area (Å²) >= 11 is 0. The van der Waals surface area contributed by atoms with E-state index >= 15 is 0 Å². The maximum atomic E-state index is 13.0. The van der Waals surface area contributed by atoms with E-state index in [0.29, 0.717) is 18.6 Å². The molecule has 1 aliphatic heterocycles. The van der Waals surface area contributed by atoms with Gasteiger partial charge in [-0.1, -0.05) is 6.92 Å². The topological polar surface area (TPSA) is 55.4 Å². The van der Waals surface area contributed by atoms with Gasteiger partial charge in [-0.25, -0.2) is 12.8 Å². The van der Waals surface area contributed by atoms with E-state index in [2.05, 4.69) is 5.32 Å². The Morgan fingerprint density at radius 3 is 3.00 bits per heavy atom. The average Bonchev–Trinajstić information content (AvgIpc) is 2.36. The molecular formula is C12H16FNO3S. The molecule has 0 saturated heterocycles. The second kappa shape index (κ2) is 5.24. The van der Waals surface area contributed by atoms with E-state index in [4.69, 9.17) is 4.74 Å². The van der Waals surface area contributed by atoms with E-state index in [1.165, 1.54) is 12.1 Å². The van der Waals surface area contributed by atoms with Gasteiger partial charge >= 0.3 is 0 Å². The van der Waals surface area contributed by atoms with Crippen molar-refractivity contribution in [2.45, 2.75) is 26.0 Å². The molecule has 1 aliphatic rings. The zero-order chi connectivity index (χ0) is 13.2. The lowest BCUT2D eigenvalue weighted by Crippen LogP contribution is -2.40. The van der Waals surface area contributed by atoms with Crippen molar-refractivity contribution in [3.8, 4) is 5.75 Å². The Balaban J connectivity index is 1.98. The minimum atomic E-state index is -3.05. The first-order chi connectivity index (χ1) is 8.50. The first kappa shape index (κ1) is 13.3. The molecule has 1 N–H and O–H groups in total. The highest BCUT2D eigenvalue weighted by atomic mass is 32.2. The smallest absolute Gasteiger partial charge is 0.163 e. The molecule has 0 fully saturated rings. The molecular weight excluding hydrogens is 257 g/mol. The Hall–Kier alpha value is -1.14. The SMILES string of the molecule is CCS(=O)(=O)CNC1CCc2cc(F)ccc2O1. The molecule has 0 saturated carbocycles. The van der Waals surface area contributed by atoms with Crippen LogP contribution in [0, 0.1) is 5.82 Å². The van der Waals surface area contributed by atoms with Gasteiger partial charge < -0.3 is 4.74 Å². The van der Waals surface area contributed by atoms with Gasteiger partial charge in [0, 0.05) is 12.2 Å². The number of aryl methyl sites for hydroxylation is 1. The first-order valence-corrected chi connectivity index (χ1v) is 7.71. The predicted molar refractivity (Wildman–Crippen MR) is 66.6 cm³/mol. The van der Waals surface area contributed by atoms with Crippen LogP contribution < -0.4 is 10.1 Å². The molecule has 0 aliphatic carbocycles. The fourth-order valence-corrected chi connectivity index (χ4v) is 2.47. The van der Waals surface area contributed by atoms with Gasteiger partial charge in [-0.2, -0.15) is 0 Å². The number of hydrogen-bond donors (Lipinski definition) is 1. The summed E-state index contributed by atoms with van der Waals surface area (Å²) in [6.07, 6.45) is 0.983. The van der Waals surface area contributed by atoms with Crippen LogP contribution >= 0.6 is 0 Å². The number of ether oxygens (including phenoxy) is 1. The standard InChI is InChI=1S/C12H16FNO3S/c1-2-18(15,16)8-14-12-6-3-9-7-10(13)4-5-11(9)17-12/h4-5,7,12,14H,2-3,6,8H2,1H3. The first-order valence-electron chi connectivity index (χ1n) is 5.89. The molecule has 100 valence electrons. The summed E-state index contributed by atoms with van der Waals surface area (Å²) in [7, 11) is -3.05. The van der Waals surface area contributed by atoms with E-state index in [1.807, 2.05) is 0 Å². The molecule has 0 spiro atoms. The molecule has 6 heteroatoms. The van der Waals surface area contributed by atoms with Gasteiger partial charge in [0.15, 0.2) is 16.1 Å². The third-order valence-corrected chi connectivity index (χ3v) is 4.42. The van der Waals surface area contributed by atoms with E-state index < -0.39 is 9.84 Å². The molecule has 4 nitrogen and oxygen atoms in total. The maximum Gasteiger partial charge on any atom is 0.163 e. The van der Waals surface area contributed by atoms with Crippen molar-refractivity contribution in [2.24, 2.45) is 0 Å². The maximum absolute atomic E-state index is 13.0. The molecule has 1 atom stereocenters. The number of nitrogens with one attached hydrogen (secondary N) is 1. The molecule has 0 bridgehead atoms. The molecule has 2 rings (SSSR count). The average molecular weight is 273 g/mol. The van der Waals surface area contributed by atoms with Gasteiger partial charge in [0.1, 0.15) is 17.4 Å². The lowest BCUT2D eigenvalue weighted by Gasteiger charge is -2.26. The molecule has 18 heavy (non-hydrogen) atoms. The number of halogens is 1. The van der Waals surface area contributed by atoms with Crippen molar-refractivity contribution in [1.82, 2.24) is 5.32 Å². The van der Waals surface area contributed by atoms with Crippen LogP contribution in [0.1, 0.15) is 18.9 Å². The van der Waals surface area contributed by atoms with Crippen LogP contribution in [0.2, 0.25) is 0 Å². The molecule has 1 aromatic carbocycles. The minimum absolute atomic E-state index is 0.0926. The Kier molecular flexibility index (Phi) is 3.87. The van der Waals surface area contributed by atoms with Crippen molar-refractivity contribution in [3.05, 3.63) is 29.6 Å². The Morgan fingerprint density at radius 2 is 2.28 bits per heavy atom. The van der Waals surface area contributed by atoms with Crippen molar-refractivity contribution in [1.29, 1.82) is 0 Å². The molecule has 1 unspecified atom stereocenters. The third-order valence-electron chi connectivity index (χ3n) is 2.94. The quantitative estimate of drug-likeness (QED) is 0.902. The lowest BCUT2D eigenvalue weighted by molar-refractivity contribution is 0.144. The Labute approximate surface area is 106 Å². The second-order valence-electron chi connectivity index (χ2n) is 4.28. The van der Waals surface area contributed by atoms with Crippen LogP contribution in [0.15, 0.2) is 18.2 Å². The van der Waals surface area contributed by atoms with Crippen LogP contribution in [0.5, 0.6) is 5.75 Å². The van der Waals surface area contributed by atoms with Gasteiger partial charge in [0.25, 0.3) is 0 Å². The minimum Gasteiger partial charge on any atom is -0.475 e. The van der Waals surface area contributed by atoms with Gasteiger partial charge in [-0.05, 0) is 30.2 Å². The molecule has 0 radical (unpaired) electrons. The molecule has 0 aromatic heterocycles. The van der Waals surface area contributed by atoms with Crippen LogP contribution in [-0.4, -0.2) is 26.3 Å². The largest absolute Gasteiger partial charge is 0.475 e. The normalized spacial score (nSPS) is 19.1. The Bertz CT molecular complexity index is 530. The second-order valence-corrected chi connectivity index (χ2v) is 6.63. The lowest BCUT2D eigenvalue weighted by atomic mass is 10.1.